The summed E-state index contributed by atoms with van der Waals surface area (Å²) in [5.41, 5.74) is 0.800. The van der Waals surface area contributed by atoms with Gasteiger partial charge in [0.2, 0.25) is 5.91 Å². The summed E-state index contributed by atoms with van der Waals surface area (Å²) in [6, 6.07) is 4.66. The fraction of sp³-hybridized carbons (Fsp3) is 0.579. The third-order valence-corrected chi connectivity index (χ3v) is 5.55. The predicted octanol–water partition coefficient (Wildman–Crippen LogP) is 3.24. The third-order valence-electron chi connectivity index (χ3n) is 4.69. The number of imide groups is 1. The van der Waals surface area contributed by atoms with Crippen molar-refractivity contribution in [3.8, 4) is 5.75 Å². The summed E-state index contributed by atoms with van der Waals surface area (Å²) >= 11 is 1.08. The van der Waals surface area contributed by atoms with Gasteiger partial charge in [-0.3, -0.25) is 19.4 Å². The first-order valence-electron chi connectivity index (χ1n) is 9.34. The molecule has 6 nitrogen and oxygen atoms in total. The zero-order valence-electron chi connectivity index (χ0n) is 16.2. The number of hydrogen-bond donors (Lipinski definition) is 0. The molecule has 2 aliphatic heterocycles. The second-order valence-electron chi connectivity index (χ2n) is 7.06. The van der Waals surface area contributed by atoms with Crippen LogP contribution < -0.4 is 9.64 Å². The van der Waals surface area contributed by atoms with Gasteiger partial charge in [0.05, 0.1) is 17.5 Å². The molecule has 0 N–H and O–H groups in total. The van der Waals surface area contributed by atoms with Crippen molar-refractivity contribution in [1.82, 2.24) is 9.80 Å². The topological polar surface area (TPSA) is 53.1 Å². The van der Waals surface area contributed by atoms with E-state index in [9.17, 15) is 14.0 Å². The van der Waals surface area contributed by atoms with Crippen LogP contribution in [-0.2, 0) is 4.79 Å². The molecule has 0 saturated carbocycles. The van der Waals surface area contributed by atoms with Crippen molar-refractivity contribution in [1.29, 1.82) is 0 Å². The van der Waals surface area contributed by atoms with Gasteiger partial charge in [-0.1, -0.05) is 11.8 Å². The number of halogens is 2. The maximum absolute atomic E-state index is 13.7. The fourth-order valence-corrected chi connectivity index (χ4v) is 4.10. The lowest BCUT2D eigenvalue weighted by Crippen LogP contribution is -2.47. The lowest BCUT2D eigenvalue weighted by molar-refractivity contribution is -0.124. The van der Waals surface area contributed by atoms with Gasteiger partial charge >= 0.3 is 0 Å². The molecule has 156 valence electrons. The highest BCUT2D eigenvalue weighted by Crippen LogP contribution is 2.31. The molecule has 0 aromatic heterocycles. The highest BCUT2D eigenvalue weighted by molar-refractivity contribution is 8.14. The maximum Gasteiger partial charge on any atom is 0.288 e. The number of nitrogens with zero attached hydrogens (tertiary/aromatic N) is 3. The molecule has 2 aliphatic rings. The zero-order valence-corrected chi connectivity index (χ0v) is 17.9. The van der Waals surface area contributed by atoms with Crippen molar-refractivity contribution in [2.45, 2.75) is 26.4 Å². The Morgan fingerprint density at radius 2 is 1.86 bits per heavy atom. The Morgan fingerprint density at radius 1 is 1.14 bits per heavy atom. The van der Waals surface area contributed by atoms with Gasteiger partial charge in [-0.25, -0.2) is 4.39 Å². The van der Waals surface area contributed by atoms with Crippen LogP contribution in [0, 0.1) is 5.82 Å². The fourth-order valence-electron chi connectivity index (χ4n) is 3.35. The van der Waals surface area contributed by atoms with E-state index in [1.165, 1.54) is 17.0 Å². The Bertz CT molecular complexity index is 683. The molecule has 1 aromatic carbocycles. The number of carbonyl (C=O) groups excluding carboxylic acids is 2. The Morgan fingerprint density at radius 3 is 2.46 bits per heavy atom. The predicted molar refractivity (Wildman–Crippen MR) is 112 cm³/mol. The number of piperazine rings is 1. The van der Waals surface area contributed by atoms with Gasteiger partial charge in [-0.2, -0.15) is 0 Å². The van der Waals surface area contributed by atoms with E-state index in [1.807, 2.05) is 13.8 Å². The van der Waals surface area contributed by atoms with Crippen LogP contribution in [0.3, 0.4) is 0 Å². The van der Waals surface area contributed by atoms with Crippen molar-refractivity contribution >= 4 is 41.0 Å². The molecule has 1 aromatic rings. The lowest BCUT2D eigenvalue weighted by atomic mass is 10.2. The molecule has 2 heterocycles. The summed E-state index contributed by atoms with van der Waals surface area (Å²) in [5, 5.41) is -0.131. The Balaban J connectivity index is 0.00000280. The highest BCUT2D eigenvalue weighted by atomic mass is 35.5. The second-order valence-corrected chi connectivity index (χ2v) is 7.99. The molecule has 3 rings (SSSR count). The van der Waals surface area contributed by atoms with Crippen molar-refractivity contribution in [3.05, 3.63) is 24.0 Å². The van der Waals surface area contributed by atoms with E-state index in [2.05, 4.69) is 9.80 Å². The van der Waals surface area contributed by atoms with Gasteiger partial charge < -0.3 is 9.64 Å². The lowest BCUT2D eigenvalue weighted by Gasteiger charge is -2.37. The smallest absolute Gasteiger partial charge is 0.288 e. The van der Waals surface area contributed by atoms with Gasteiger partial charge in [0.25, 0.3) is 5.24 Å². The molecule has 0 bridgehead atoms. The normalized spacial score (nSPS) is 18.0. The van der Waals surface area contributed by atoms with E-state index in [0.29, 0.717) is 12.3 Å². The summed E-state index contributed by atoms with van der Waals surface area (Å²) < 4.78 is 19.6. The van der Waals surface area contributed by atoms with Crippen LogP contribution in [0.5, 0.6) is 5.75 Å². The second kappa shape index (κ2) is 10.3. The summed E-state index contributed by atoms with van der Waals surface area (Å²) in [7, 11) is 0. The Kier molecular flexibility index (Phi) is 8.39. The molecule has 2 saturated heterocycles. The van der Waals surface area contributed by atoms with Gasteiger partial charge in [-0.05, 0) is 38.9 Å². The minimum absolute atomic E-state index is 0. The molecule has 2 amide bonds. The number of rotatable bonds is 7. The van der Waals surface area contributed by atoms with E-state index >= 15 is 0 Å². The molecule has 0 aliphatic carbocycles. The van der Waals surface area contributed by atoms with Crippen LogP contribution in [0.25, 0.3) is 0 Å². The van der Waals surface area contributed by atoms with Gasteiger partial charge in [-0.15, -0.1) is 12.4 Å². The van der Waals surface area contributed by atoms with Crippen LogP contribution in [0.4, 0.5) is 14.9 Å². The first-order valence-corrected chi connectivity index (χ1v) is 10.3. The van der Waals surface area contributed by atoms with Crippen LogP contribution >= 0.6 is 24.2 Å². The number of carbonyl (C=O) groups is 2. The Hall–Kier alpha value is -1.51. The van der Waals surface area contributed by atoms with Crippen molar-refractivity contribution in [2.75, 3.05) is 49.9 Å². The molecule has 0 unspecified atom stereocenters. The van der Waals surface area contributed by atoms with Crippen LogP contribution in [0.1, 0.15) is 20.3 Å². The molecule has 9 heteroatoms. The van der Waals surface area contributed by atoms with Crippen molar-refractivity contribution < 1.29 is 18.7 Å². The minimum atomic E-state index is -0.263. The molecule has 0 atom stereocenters. The number of benzene rings is 1. The van der Waals surface area contributed by atoms with Gasteiger partial charge in [0.15, 0.2) is 0 Å². The van der Waals surface area contributed by atoms with Crippen LogP contribution in [-0.4, -0.2) is 72.1 Å². The van der Waals surface area contributed by atoms with E-state index in [4.69, 9.17) is 4.74 Å². The molecule has 0 spiro atoms. The van der Waals surface area contributed by atoms with E-state index in [0.717, 1.165) is 56.6 Å². The largest absolute Gasteiger partial charge is 0.489 e. The van der Waals surface area contributed by atoms with E-state index in [1.54, 1.807) is 6.07 Å². The minimum Gasteiger partial charge on any atom is -0.489 e. The number of ether oxygens (including phenoxy) is 1. The van der Waals surface area contributed by atoms with Crippen molar-refractivity contribution in [2.24, 2.45) is 0 Å². The molecule has 2 fully saturated rings. The van der Waals surface area contributed by atoms with E-state index in [-0.39, 0.29) is 41.2 Å². The van der Waals surface area contributed by atoms with Crippen LogP contribution in [0.2, 0.25) is 0 Å². The van der Waals surface area contributed by atoms with Crippen molar-refractivity contribution in [3.63, 3.8) is 0 Å². The average Bonchev–Trinajstić information content (AvgIpc) is 2.95. The summed E-state index contributed by atoms with van der Waals surface area (Å²) in [5.74, 6) is 0.634. The molecule has 28 heavy (non-hydrogen) atoms. The zero-order chi connectivity index (χ0) is 19.4. The van der Waals surface area contributed by atoms with E-state index < -0.39 is 0 Å². The number of thioether (sulfide) groups is 1. The first kappa shape index (κ1) is 22.8. The maximum atomic E-state index is 13.7. The average molecular weight is 432 g/mol. The van der Waals surface area contributed by atoms with Gasteiger partial charge in [0, 0.05) is 38.8 Å². The number of amides is 2. The summed E-state index contributed by atoms with van der Waals surface area (Å²) in [6.45, 7) is 8.53. The highest BCUT2D eigenvalue weighted by Gasteiger charge is 2.29. The molecule has 0 radical (unpaired) electrons. The number of hydrogen-bond acceptors (Lipinski definition) is 6. The monoisotopic (exact) mass is 431 g/mol. The molecular weight excluding hydrogens is 405 g/mol. The van der Waals surface area contributed by atoms with Crippen LogP contribution in [0.15, 0.2) is 18.2 Å². The SMILES string of the molecule is CC(C)Oc1ccc(F)cc1N1CCN(CCCN2C(=O)CSC2=O)CC1.Cl. The first-order chi connectivity index (χ1) is 12.9. The number of anilines is 1. The third kappa shape index (κ3) is 5.75. The quantitative estimate of drug-likeness (QED) is 0.660. The van der Waals surface area contributed by atoms with Gasteiger partial charge in [0.1, 0.15) is 11.6 Å². The summed E-state index contributed by atoms with van der Waals surface area (Å²) in [4.78, 5) is 29.1. The standard InChI is InChI=1S/C19H26FN3O3S.ClH/c1-14(2)26-17-5-4-15(20)12-16(17)22-10-8-21(9-11-22)6-3-7-23-18(24)13-27-19(23)25;/h4-5,12,14H,3,6-11,13H2,1-2H3;1H. The Labute approximate surface area is 175 Å². The summed E-state index contributed by atoms with van der Waals surface area (Å²) in [6.07, 6.45) is 0.810. The molecular formula is C19H27ClFN3O3S.